The summed E-state index contributed by atoms with van der Waals surface area (Å²) < 4.78 is 8.96. The standard InChI is InChI=1S/C21H23N7O2/c1-4-30-18-8-6-5-7-17(18)23-21(29)12-9-16-14(2)25-28(15(16)3)20-11-10-19-24-22-13-27(19)26-20/h5-8,10-11,13H,4,9,12H2,1-3H3,(H,23,29). The van der Waals surface area contributed by atoms with Crippen LogP contribution in [0.3, 0.4) is 0 Å². The third-order valence-corrected chi connectivity index (χ3v) is 4.87. The van der Waals surface area contributed by atoms with Crippen LogP contribution in [0.4, 0.5) is 5.69 Å². The van der Waals surface area contributed by atoms with Crippen molar-refractivity contribution >= 4 is 17.2 Å². The zero-order valence-electron chi connectivity index (χ0n) is 17.2. The number of aromatic nitrogens is 6. The van der Waals surface area contributed by atoms with Crippen LogP contribution in [0.25, 0.3) is 11.5 Å². The lowest BCUT2D eigenvalue weighted by Gasteiger charge is -2.11. The fraction of sp³-hybridized carbons (Fsp3) is 0.286. The molecule has 30 heavy (non-hydrogen) atoms. The molecule has 1 N–H and O–H groups in total. The van der Waals surface area contributed by atoms with Crippen LogP contribution in [0.15, 0.2) is 42.7 Å². The first-order chi connectivity index (χ1) is 14.6. The lowest BCUT2D eigenvalue weighted by Crippen LogP contribution is -2.13. The fourth-order valence-corrected chi connectivity index (χ4v) is 3.39. The largest absolute Gasteiger partial charge is 0.492 e. The van der Waals surface area contributed by atoms with E-state index in [1.807, 2.05) is 57.2 Å². The Morgan fingerprint density at radius 3 is 2.80 bits per heavy atom. The topological polar surface area (TPSA) is 99.2 Å². The van der Waals surface area contributed by atoms with E-state index in [0.29, 0.717) is 42.4 Å². The molecule has 4 rings (SSSR count). The van der Waals surface area contributed by atoms with E-state index >= 15 is 0 Å². The molecule has 0 aliphatic heterocycles. The van der Waals surface area contributed by atoms with E-state index in [0.717, 1.165) is 17.0 Å². The van der Waals surface area contributed by atoms with Gasteiger partial charge in [-0.15, -0.1) is 15.3 Å². The highest BCUT2D eigenvalue weighted by atomic mass is 16.5. The lowest BCUT2D eigenvalue weighted by molar-refractivity contribution is -0.116. The van der Waals surface area contributed by atoms with Crippen LogP contribution in [0.2, 0.25) is 0 Å². The third-order valence-electron chi connectivity index (χ3n) is 4.87. The summed E-state index contributed by atoms with van der Waals surface area (Å²) >= 11 is 0. The molecule has 0 radical (unpaired) electrons. The minimum Gasteiger partial charge on any atom is -0.492 e. The highest BCUT2D eigenvalue weighted by Gasteiger charge is 2.16. The van der Waals surface area contributed by atoms with Crippen molar-refractivity contribution < 1.29 is 9.53 Å². The number of anilines is 1. The normalized spacial score (nSPS) is 11.0. The minimum absolute atomic E-state index is 0.0715. The molecule has 1 amide bonds. The zero-order valence-corrected chi connectivity index (χ0v) is 17.2. The summed E-state index contributed by atoms with van der Waals surface area (Å²) in [5, 5.41) is 19.9. The maximum Gasteiger partial charge on any atom is 0.224 e. The summed E-state index contributed by atoms with van der Waals surface area (Å²) in [6.07, 6.45) is 2.47. The predicted molar refractivity (Wildman–Crippen MR) is 112 cm³/mol. The van der Waals surface area contributed by atoms with Gasteiger partial charge in [0.15, 0.2) is 11.5 Å². The van der Waals surface area contributed by atoms with Gasteiger partial charge >= 0.3 is 0 Å². The monoisotopic (exact) mass is 405 g/mol. The Hall–Kier alpha value is -3.75. The number of fused-ring (bicyclic) bond motifs is 1. The number of nitrogens with one attached hydrogen (secondary N) is 1. The average molecular weight is 405 g/mol. The number of ether oxygens (including phenoxy) is 1. The van der Waals surface area contributed by atoms with Crippen LogP contribution in [0.1, 0.15) is 30.3 Å². The van der Waals surface area contributed by atoms with Gasteiger partial charge in [-0.05, 0) is 57.0 Å². The van der Waals surface area contributed by atoms with Crippen molar-refractivity contribution in [3.63, 3.8) is 0 Å². The summed E-state index contributed by atoms with van der Waals surface area (Å²) in [4.78, 5) is 12.5. The molecule has 0 spiro atoms. The van der Waals surface area contributed by atoms with Crippen LogP contribution < -0.4 is 10.1 Å². The van der Waals surface area contributed by atoms with E-state index in [-0.39, 0.29) is 5.91 Å². The second-order valence-corrected chi connectivity index (χ2v) is 6.86. The second-order valence-electron chi connectivity index (χ2n) is 6.86. The summed E-state index contributed by atoms with van der Waals surface area (Å²) in [5.41, 5.74) is 4.22. The van der Waals surface area contributed by atoms with E-state index < -0.39 is 0 Å². The van der Waals surface area contributed by atoms with E-state index in [1.165, 1.54) is 0 Å². The molecule has 0 saturated heterocycles. The van der Waals surface area contributed by atoms with E-state index in [2.05, 4.69) is 25.7 Å². The van der Waals surface area contributed by atoms with Gasteiger partial charge in [-0.3, -0.25) is 4.79 Å². The Morgan fingerprint density at radius 1 is 1.13 bits per heavy atom. The molecule has 0 aliphatic carbocycles. The number of carbonyl (C=O) groups is 1. The summed E-state index contributed by atoms with van der Waals surface area (Å²) in [7, 11) is 0. The molecule has 9 nitrogen and oxygen atoms in total. The third kappa shape index (κ3) is 3.86. The minimum atomic E-state index is -0.0715. The van der Waals surface area contributed by atoms with Gasteiger partial charge in [0.2, 0.25) is 5.91 Å². The molecule has 3 aromatic heterocycles. The number of para-hydroxylation sites is 2. The Labute approximate surface area is 173 Å². The van der Waals surface area contributed by atoms with Gasteiger partial charge in [-0.1, -0.05) is 12.1 Å². The summed E-state index contributed by atoms with van der Waals surface area (Å²) in [5.74, 6) is 1.27. The van der Waals surface area contributed by atoms with E-state index in [1.54, 1.807) is 15.5 Å². The highest BCUT2D eigenvalue weighted by molar-refractivity contribution is 5.92. The van der Waals surface area contributed by atoms with Crippen molar-refractivity contribution in [2.45, 2.75) is 33.6 Å². The number of benzene rings is 1. The highest BCUT2D eigenvalue weighted by Crippen LogP contribution is 2.24. The first-order valence-electron chi connectivity index (χ1n) is 9.81. The van der Waals surface area contributed by atoms with Crippen LogP contribution in [0, 0.1) is 13.8 Å². The van der Waals surface area contributed by atoms with Crippen LogP contribution in [-0.2, 0) is 11.2 Å². The van der Waals surface area contributed by atoms with Crippen molar-refractivity contribution in [1.29, 1.82) is 0 Å². The molecule has 154 valence electrons. The zero-order chi connectivity index (χ0) is 21.1. The first-order valence-corrected chi connectivity index (χ1v) is 9.81. The molecule has 9 heteroatoms. The number of nitrogens with zero attached hydrogens (tertiary/aromatic N) is 6. The van der Waals surface area contributed by atoms with Crippen molar-refractivity contribution in [3.8, 4) is 11.6 Å². The van der Waals surface area contributed by atoms with Gasteiger partial charge in [0.1, 0.15) is 12.1 Å². The van der Waals surface area contributed by atoms with Gasteiger partial charge in [0, 0.05) is 12.1 Å². The van der Waals surface area contributed by atoms with Crippen molar-refractivity contribution in [3.05, 3.63) is 59.7 Å². The lowest BCUT2D eigenvalue weighted by atomic mass is 10.1. The molecule has 0 atom stereocenters. The van der Waals surface area contributed by atoms with Crippen molar-refractivity contribution in [1.82, 2.24) is 29.6 Å². The second kappa shape index (κ2) is 8.32. The first kappa shape index (κ1) is 19.6. The molecule has 3 heterocycles. The quantitative estimate of drug-likeness (QED) is 0.508. The fourth-order valence-electron chi connectivity index (χ4n) is 3.39. The molecule has 0 bridgehead atoms. The Bertz CT molecular complexity index is 1200. The van der Waals surface area contributed by atoms with Crippen molar-refractivity contribution in [2.75, 3.05) is 11.9 Å². The molecule has 0 unspecified atom stereocenters. The Kier molecular flexibility index (Phi) is 5.42. The number of hydrogen-bond donors (Lipinski definition) is 1. The summed E-state index contributed by atoms with van der Waals surface area (Å²) in [6, 6.07) is 11.1. The van der Waals surface area contributed by atoms with Gasteiger partial charge in [0.05, 0.1) is 18.0 Å². The van der Waals surface area contributed by atoms with Gasteiger partial charge in [-0.2, -0.15) is 9.61 Å². The molecule has 0 aliphatic rings. The van der Waals surface area contributed by atoms with E-state index in [4.69, 9.17) is 4.74 Å². The number of rotatable bonds is 7. The maximum absolute atomic E-state index is 12.5. The molecule has 0 fully saturated rings. The Balaban J connectivity index is 1.48. The van der Waals surface area contributed by atoms with Crippen LogP contribution in [0.5, 0.6) is 5.75 Å². The number of hydrogen-bond acceptors (Lipinski definition) is 6. The van der Waals surface area contributed by atoms with Gasteiger partial charge in [0.25, 0.3) is 0 Å². The van der Waals surface area contributed by atoms with Crippen LogP contribution >= 0.6 is 0 Å². The predicted octanol–water partition coefficient (Wildman–Crippen LogP) is 2.90. The number of carbonyl (C=O) groups excluding carboxylic acids is 1. The Morgan fingerprint density at radius 2 is 1.97 bits per heavy atom. The smallest absolute Gasteiger partial charge is 0.224 e. The summed E-state index contributed by atoms with van der Waals surface area (Å²) in [6.45, 7) is 6.38. The molecular weight excluding hydrogens is 382 g/mol. The number of aryl methyl sites for hydroxylation is 1. The maximum atomic E-state index is 12.5. The van der Waals surface area contributed by atoms with Crippen LogP contribution in [-0.4, -0.2) is 42.1 Å². The number of amides is 1. The molecule has 0 saturated carbocycles. The SMILES string of the molecule is CCOc1ccccc1NC(=O)CCc1c(C)nn(-c2ccc3nncn3n2)c1C. The average Bonchev–Trinajstić information content (AvgIpc) is 3.32. The molecule has 1 aromatic carbocycles. The molecular formula is C21H23N7O2. The van der Waals surface area contributed by atoms with Crippen molar-refractivity contribution in [2.24, 2.45) is 0 Å². The molecule has 4 aromatic rings. The van der Waals surface area contributed by atoms with E-state index in [9.17, 15) is 4.79 Å². The van der Waals surface area contributed by atoms with Gasteiger partial charge in [-0.25, -0.2) is 4.68 Å². The van der Waals surface area contributed by atoms with Gasteiger partial charge < -0.3 is 10.1 Å².